The molecule has 0 aromatic heterocycles. The van der Waals surface area contributed by atoms with Gasteiger partial charge in [0.2, 0.25) is 0 Å². The lowest BCUT2D eigenvalue weighted by Gasteiger charge is -2.20. The van der Waals surface area contributed by atoms with Crippen molar-refractivity contribution in [2.24, 2.45) is 4.99 Å². The molecule has 0 aliphatic carbocycles. The van der Waals surface area contributed by atoms with Crippen molar-refractivity contribution in [3.8, 4) is 0 Å². The summed E-state index contributed by atoms with van der Waals surface area (Å²) in [4.78, 5) is 4.19. The highest BCUT2D eigenvalue weighted by atomic mass is 127. The van der Waals surface area contributed by atoms with Crippen LogP contribution in [0.3, 0.4) is 0 Å². The topological polar surface area (TPSA) is 70.6 Å². The summed E-state index contributed by atoms with van der Waals surface area (Å²) in [5.41, 5.74) is 2.64. The third kappa shape index (κ3) is 10.0. The number of nitrogens with one attached hydrogen (secondary N) is 2. The van der Waals surface area contributed by atoms with Gasteiger partial charge in [-0.3, -0.25) is 4.99 Å². The van der Waals surface area contributed by atoms with Crippen molar-refractivity contribution in [3.63, 3.8) is 0 Å². The van der Waals surface area contributed by atoms with Crippen LogP contribution in [-0.4, -0.2) is 39.5 Å². The van der Waals surface area contributed by atoms with Gasteiger partial charge in [-0.15, -0.1) is 24.0 Å². The van der Waals surface area contributed by atoms with Crippen LogP contribution in [0.4, 0.5) is 0 Å². The molecule has 1 rings (SSSR count). The van der Waals surface area contributed by atoms with E-state index in [1.54, 1.807) is 7.05 Å². The highest BCUT2D eigenvalue weighted by molar-refractivity contribution is 14.0. The predicted molar refractivity (Wildman–Crippen MR) is 118 cm³/mol. The van der Waals surface area contributed by atoms with Crippen molar-refractivity contribution in [1.82, 2.24) is 10.6 Å². The number of rotatable bonds is 6. The Morgan fingerprint density at radius 3 is 2.20 bits per heavy atom. The van der Waals surface area contributed by atoms with Gasteiger partial charge >= 0.3 is 0 Å². The van der Waals surface area contributed by atoms with Crippen molar-refractivity contribution in [1.29, 1.82) is 0 Å². The minimum atomic E-state index is -2.93. The quantitative estimate of drug-likeness (QED) is 0.372. The van der Waals surface area contributed by atoms with Crippen LogP contribution < -0.4 is 10.6 Å². The molecule has 2 N–H and O–H groups in total. The van der Waals surface area contributed by atoms with Crippen molar-refractivity contribution in [2.75, 3.05) is 19.1 Å². The Morgan fingerprint density at radius 1 is 1.20 bits per heavy atom. The second-order valence-electron chi connectivity index (χ2n) is 7.34. The van der Waals surface area contributed by atoms with Gasteiger partial charge in [0, 0.05) is 25.9 Å². The zero-order valence-electron chi connectivity index (χ0n) is 16.1. The fourth-order valence-electron chi connectivity index (χ4n) is 2.20. The molecule has 25 heavy (non-hydrogen) atoms. The van der Waals surface area contributed by atoms with Crippen molar-refractivity contribution < 1.29 is 8.42 Å². The van der Waals surface area contributed by atoms with Gasteiger partial charge in [-0.05, 0) is 29.9 Å². The average Bonchev–Trinajstić information content (AvgIpc) is 2.48. The molecule has 0 amide bonds. The first kappa shape index (κ1) is 24.2. The van der Waals surface area contributed by atoms with Gasteiger partial charge in [-0.25, -0.2) is 8.42 Å². The molecule has 1 unspecified atom stereocenters. The lowest BCUT2D eigenvalue weighted by atomic mass is 9.87. The number of aliphatic imine (C=N–C) groups is 1. The van der Waals surface area contributed by atoms with Crippen LogP contribution in [0.25, 0.3) is 0 Å². The van der Waals surface area contributed by atoms with E-state index in [0.29, 0.717) is 18.9 Å². The monoisotopic (exact) mass is 481 g/mol. The molecule has 7 heteroatoms. The summed E-state index contributed by atoms with van der Waals surface area (Å²) in [6, 6.07) is 8.58. The van der Waals surface area contributed by atoms with E-state index < -0.39 is 9.84 Å². The van der Waals surface area contributed by atoms with Crippen LogP contribution in [0.5, 0.6) is 0 Å². The fourth-order valence-corrected chi connectivity index (χ4v) is 2.98. The summed E-state index contributed by atoms with van der Waals surface area (Å²) >= 11 is 0. The summed E-state index contributed by atoms with van der Waals surface area (Å²) in [6.07, 6.45) is 1.81. The molecule has 0 aliphatic heterocycles. The number of benzene rings is 1. The van der Waals surface area contributed by atoms with Gasteiger partial charge in [0.15, 0.2) is 5.96 Å². The maximum atomic E-state index is 11.2. The molecule has 1 atom stereocenters. The Balaban J connectivity index is 0.00000576. The van der Waals surface area contributed by atoms with Crippen LogP contribution >= 0.6 is 24.0 Å². The first-order chi connectivity index (χ1) is 11.0. The molecule has 0 heterocycles. The molecule has 0 saturated heterocycles. The second-order valence-corrected chi connectivity index (χ2v) is 9.60. The maximum Gasteiger partial charge on any atom is 0.191 e. The Morgan fingerprint density at radius 2 is 1.76 bits per heavy atom. The van der Waals surface area contributed by atoms with Crippen molar-refractivity contribution in [3.05, 3.63) is 35.4 Å². The molecule has 144 valence electrons. The molecule has 0 spiro atoms. The van der Waals surface area contributed by atoms with Crippen LogP contribution in [0.15, 0.2) is 29.3 Å². The smallest absolute Gasteiger partial charge is 0.191 e. The molecular formula is C18H32IN3O2S. The molecule has 5 nitrogen and oxygen atoms in total. The highest BCUT2D eigenvalue weighted by Gasteiger charge is 2.13. The lowest BCUT2D eigenvalue weighted by Crippen LogP contribution is -2.42. The zero-order valence-corrected chi connectivity index (χ0v) is 19.2. The molecule has 1 aromatic carbocycles. The molecule has 0 bridgehead atoms. The van der Waals surface area contributed by atoms with Crippen LogP contribution in [0, 0.1) is 0 Å². The van der Waals surface area contributed by atoms with E-state index in [1.807, 2.05) is 6.92 Å². The molecule has 0 aliphatic rings. The summed E-state index contributed by atoms with van der Waals surface area (Å²) in [5.74, 6) is 0.850. The van der Waals surface area contributed by atoms with Gasteiger partial charge in [-0.1, -0.05) is 45.0 Å². The molecule has 0 fully saturated rings. The summed E-state index contributed by atoms with van der Waals surface area (Å²) in [5, 5.41) is 6.48. The minimum absolute atomic E-state index is 0. The highest BCUT2D eigenvalue weighted by Crippen LogP contribution is 2.22. The van der Waals surface area contributed by atoms with Crippen molar-refractivity contribution >= 4 is 39.8 Å². The molecular weight excluding hydrogens is 449 g/mol. The fraction of sp³-hybridized carbons (Fsp3) is 0.611. The molecule has 0 radical (unpaired) electrons. The van der Waals surface area contributed by atoms with E-state index >= 15 is 0 Å². The van der Waals surface area contributed by atoms with E-state index in [4.69, 9.17) is 0 Å². The standard InChI is InChI=1S/C18H31N3O2S.HI/c1-14(11-12-24(6,22)23)21-17(19-5)20-13-15-7-9-16(10-8-15)18(2,3)4;/h7-10,14H,11-13H2,1-6H3,(H2,19,20,21);1H. The first-order valence-electron chi connectivity index (χ1n) is 8.25. The number of halogens is 1. The van der Waals surface area contributed by atoms with E-state index in [2.05, 4.69) is 60.7 Å². The molecule has 1 aromatic rings. The number of hydrogen-bond acceptors (Lipinski definition) is 3. The van der Waals surface area contributed by atoms with E-state index in [9.17, 15) is 8.42 Å². The summed E-state index contributed by atoms with van der Waals surface area (Å²) in [6.45, 7) is 9.22. The predicted octanol–water partition coefficient (Wildman–Crippen LogP) is 3.09. The number of sulfone groups is 1. The number of hydrogen-bond donors (Lipinski definition) is 2. The first-order valence-corrected chi connectivity index (χ1v) is 10.3. The SMILES string of the molecule is CN=C(NCc1ccc(C(C)(C)C)cc1)NC(C)CCS(C)(=O)=O.I. The van der Waals surface area contributed by atoms with Gasteiger partial charge < -0.3 is 10.6 Å². The minimum Gasteiger partial charge on any atom is -0.354 e. The van der Waals surface area contributed by atoms with Gasteiger partial charge in [-0.2, -0.15) is 0 Å². The van der Waals surface area contributed by atoms with Gasteiger partial charge in [0.1, 0.15) is 9.84 Å². The van der Waals surface area contributed by atoms with Crippen LogP contribution in [0.1, 0.15) is 45.2 Å². The average molecular weight is 481 g/mol. The Bertz CT molecular complexity index is 650. The van der Waals surface area contributed by atoms with E-state index in [1.165, 1.54) is 17.4 Å². The normalized spacial score (nSPS) is 13.8. The number of guanidine groups is 1. The zero-order chi connectivity index (χ0) is 18.4. The number of nitrogens with zero attached hydrogens (tertiary/aromatic N) is 1. The second kappa shape index (κ2) is 10.4. The van der Waals surface area contributed by atoms with Gasteiger partial charge in [0.05, 0.1) is 5.75 Å². The Kier molecular flexibility index (Phi) is 10.0. The van der Waals surface area contributed by atoms with Crippen molar-refractivity contribution in [2.45, 2.75) is 52.1 Å². The third-order valence-corrected chi connectivity index (χ3v) is 4.79. The molecule has 0 saturated carbocycles. The van der Waals surface area contributed by atoms with Crippen LogP contribution in [-0.2, 0) is 21.8 Å². The Hall–Kier alpha value is -0.830. The Labute approximate surface area is 170 Å². The van der Waals surface area contributed by atoms with E-state index in [0.717, 1.165) is 0 Å². The maximum absolute atomic E-state index is 11.2. The lowest BCUT2D eigenvalue weighted by molar-refractivity contribution is 0.581. The summed E-state index contributed by atoms with van der Waals surface area (Å²) in [7, 11) is -1.22. The largest absolute Gasteiger partial charge is 0.354 e. The summed E-state index contributed by atoms with van der Waals surface area (Å²) < 4.78 is 22.5. The van der Waals surface area contributed by atoms with Crippen LogP contribution in [0.2, 0.25) is 0 Å². The van der Waals surface area contributed by atoms with Gasteiger partial charge in [0.25, 0.3) is 0 Å². The van der Waals surface area contributed by atoms with E-state index in [-0.39, 0.29) is 41.2 Å². The third-order valence-electron chi connectivity index (χ3n) is 3.81.